The minimum Gasteiger partial charge on any atom is -0.298 e. The van der Waals surface area contributed by atoms with Crippen LogP contribution in [0.15, 0.2) is 26.0 Å². The molecule has 0 spiro atoms. The summed E-state index contributed by atoms with van der Waals surface area (Å²) in [7, 11) is 0. The van der Waals surface area contributed by atoms with Gasteiger partial charge >= 0.3 is 0 Å². The predicted octanol–water partition coefficient (Wildman–Crippen LogP) is 3.36. The summed E-state index contributed by atoms with van der Waals surface area (Å²) in [5.41, 5.74) is 9.02. The maximum absolute atomic E-state index is 10.4. The Balaban J connectivity index is 3.04. The van der Waals surface area contributed by atoms with Crippen molar-refractivity contribution in [1.82, 2.24) is 0 Å². The Hall–Kier alpha value is -1.10. The van der Waals surface area contributed by atoms with E-state index in [0.29, 0.717) is 6.29 Å². The van der Waals surface area contributed by atoms with Crippen molar-refractivity contribution in [2.45, 2.75) is 0 Å². The zero-order chi connectivity index (χ0) is 9.68. The molecule has 0 aliphatic carbocycles. The number of allylic oxidation sites excluding steroid dienone is 1. The standard InChI is InChI=1S/C7H4BrN3OS/c8-7-4-13-3-5(7)1-6(2-12)10-11-9/h1-4H/b6-1-. The molecule has 0 saturated heterocycles. The zero-order valence-corrected chi connectivity index (χ0v) is 8.75. The second kappa shape index (κ2) is 4.81. The Bertz CT molecular complexity index is 392. The molecule has 13 heavy (non-hydrogen) atoms. The molecule has 66 valence electrons. The molecule has 0 amide bonds. The van der Waals surface area contributed by atoms with Crippen LogP contribution >= 0.6 is 27.3 Å². The maximum Gasteiger partial charge on any atom is 0.152 e. The number of thiophene rings is 1. The molecule has 0 radical (unpaired) electrons. The number of carbonyl (C=O) groups excluding carboxylic acids is 1. The summed E-state index contributed by atoms with van der Waals surface area (Å²) in [6, 6.07) is 0. The Morgan fingerprint density at radius 1 is 1.69 bits per heavy atom. The molecule has 1 rings (SSSR count). The second-order valence-electron chi connectivity index (χ2n) is 2.05. The first-order chi connectivity index (χ1) is 6.27. The molecule has 0 bridgehead atoms. The van der Waals surface area contributed by atoms with Crippen LogP contribution in [0.3, 0.4) is 0 Å². The highest BCUT2D eigenvalue weighted by Crippen LogP contribution is 2.23. The molecule has 1 heterocycles. The van der Waals surface area contributed by atoms with Crippen molar-refractivity contribution in [2.24, 2.45) is 5.11 Å². The molecule has 1 aromatic rings. The van der Waals surface area contributed by atoms with Crippen LogP contribution in [0.5, 0.6) is 0 Å². The van der Waals surface area contributed by atoms with E-state index in [9.17, 15) is 4.79 Å². The van der Waals surface area contributed by atoms with Crippen molar-refractivity contribution in [1.29, 1.82) is 0 Å². The van der Waals surface area contributed by atoms with Crippen LogP contribution < -0.4 is 0 Å². The van der Waals surface area contributed by atoms with E-state index in [1.807, 2.05) is 10.8 Å². The minimum absolute atomic E-state index is 0.0709. The Morgan fingerprint density at radius 3 is 2.92 bits per heavy atom. The molecule has 0 aliphatic heterocycles. The van der Waals surface area contributed by atoms with E-state index in [2.05, 4.69) is 26.0 Å². The van der Waals surface area contributed by atoms with Crippen LogP contribution in [0.2, 0.25) is 0 Å². The van der Waals surface area contributed by atoms with Gasteiger partial charge < -0.3 is 0 Å². The fourth-order valence-electron chi connectivity index (χ4n) is 0.692. The number of halogens is 1. The van der Waals surface area contributed by atoms with Crippen LogP contribution in [-0.4, -0.2) is 6.29 Å². The summed E-state index contributed by atoms with van der Waals surface area (Å²) in [6.07, 6.45) is 2.04. The van der Waals surface area contributed by atoms with Crippen molar-refractivity contribution in [3.05, 3.63) is 36.9 Å². The summed E-state index contributed by atoms with van der Waals surface area (Å²) in [5.74, 6) is 0. The number of carbonyl (C=O) groups is 1. The van der Waals surface area contributed by atoms with Crippen molar-refractivity contribution in [2.75, 3.05) is 0 Å². The van der Waals surface area contributed by atoms with Gasteiger partial charge in [0.15, 0.2) is 6.29 Å². The summed E-state index contributed by atoms with van der Waals surface area (Å²) < 4.78 is 0.880. The van der Waals surface area contributed by atoms with Crippen molar-refractivity contribution >= 4 is 39.6 Å². The van der Waals surface area contributed by atoms with Crippen LogP contribution in [0.25, 0.3) is 16.5 Å². The third-order valence-corrected chi connectivity index (χ3v) is 2.98. The van der Waals surface area contributed by atoms with Gasteiger partial charge in [-0.05, 0) is 38.5 Å². The predicted molar refractivity (Wildman–Crippen MR) is 55.2 cm³/mol. The van der Waals surface area contributed by atoms with Crippen LogP contribution in [-0.2, 0) is 4.79 Å². The van der Waals surface area contributed by atoms with Crippen LogP contribution in [0.4, 0.5) is 0 Å². The highest BCUT2D eigenvalue weighted by molar-refractivity contribution is 9.10. The lowest BCUT2D eigenvalue weighted by Crippen LogP contribution is -1.77. The van der Waals surface area contributed by atoms with E-state index in [-0.39, 0.29) is 5.70 Å². The molecule has 0 atom stereocenters. The van der Waals surface area contributed by atoms with Gasteiger partial charge in [0.25, 0.3) is 0 Å². The Labute approximate surface area is 86.6 Å². The molecule has 0 aliphatic rings. The van der Waals surface area contributed by atoms with Gasteiger partial charge in [-0.2, -0.15) is 11.3 Å². The van der Waals surface area contributed by atoms with E-state index >= 15 is 0 Å². The van der Waals surface area contributed by atoms with Crippen LogP contribution in [0.1, 0.15) is 5.56 Å². The van der Waals surface area contributed by atoms with Crippen molar-refractivity contribution in [3.63, 3.8) is 0 Å². The van der Waals surface area contributed by atoms with Gasteiger partial charge in [0.1, 0.15) is 0 Å². The first kappa shape index (κ1) is 9.98. The molecule has 0 aromatic carbocycles. The van der Waals surface area contributed by atoms with Gasteiger partial charge in [-0.3, -0.25) is 4.79 Å². The van der Waals surface area contributed by atoms with Gasteiger partial charge in [-0.1, -0.05) is 5.11 Å². The molecule has 4 nitrogen and oxygen atoms in total. The highest BCUT2D eigenvalue weighted by atomic mass is 79.9. The fraction of sp³-hybridized carbons (Fsp3) is 0. The molecular formula is C7H4BrN3OS. The minimum atomic E-state index is 0.0709. The number of azide groups is 1. The lowest BCUT2D eigenvalue weighted by atomic mass is 10.3. The average molecular weight is 258 g/mol. The monoisotopic (exact) mass is 257 g/mol. The van der Waals surface area contributed by atoms with Gasteiger partial charge in [0, 0.05) is 14.8 Å². The lowest BCUT2D eigenvalue weighted by molar-refractivity contribution is -0.104. The van der Waals surface area contributed by atoms with Crippen LogP contribution in [0, 0.1) is 0 Å². The molecule has 1 aromatic heterocycles. The summed E-state index contributed by atoms with van der Waals surface area (Å²) >= 11 is 4.78. The first-order valence-electron chi connectivity index (χ1n) is 3.21. The average Bonchev–Trinajstić information content (AvgIpc) is 2.51. The lowest BCUT2D eigenvalue weighted by Gasteiger charge is -1.88. The Kier molecular flexibility index (Phi) is 3.70. The number of hydrogen-bond acceptors (Lipinski definition) is 3. The van der Waals surface area contributed by atoms with Gasteiger partial charge in [-0.25, -0.2) is 0 Å². The third kappa shape index (κ3) is 2.69. The molecule has 0 N–H and O–H groups in total. The number of aldehydes is 1. The van der Waals surface area contributed by atoms with E-state index in [4.69, 9.17) is 5.53 Å². The van der Waals surface area contributed by atoms with Crippen molar-refractivity contribution in [3.8, 4) is 0 Å². The summed E-state index contributed by atoms with van der Waals surface area (Å²) in [4.78, 5) is 12.9. The fourth-order valence-corrected chi connectivity index (χ4v) is 2.06. The quantitative estimate of drug-likeness (QED) is 0.269. The largest absolute Gasteiger partial charge is 0.298 e. The molecule has 0 saturated carbocycles. The van der Waals surface area contributed by atoms with E-state index < -0.39 is 0 Å². The maximum atomic E-state index is 10.4. The zero-order valence-electron chi connectivity index (χ0n) is 6.35. The molecule has 0 fully saturated rings. The Morgan fingerprint density at radius 2 is 2.46 bits per heavy atom. The van der Waals surface area contributed by atoms with Gasteiger partial charge in [-0.15, -0.1) is 0 Å². The molecule has 6 heteroatoms. The topological polar surface area (TPSA) is 65.8 Å². The summed E-state index contributed by atoms with van der Waals surface area (Å²) in [6.45, 7) is 0. The summed E-state index contributed by atoms with van der Waals surface area (Å²) in [5, 5.41) is 6.94. The van der Waals surface area contributed by atoms with E-state index in [0.717, 1.165) is 10.0 Å². The van der Waals surface area contributed by atoms with E-state index in [1.165, 1.54) is 17.4 Å². The first-order valence-corrected chi connectivity index (χ1v) is 4.95. The number of nitrogens with zero attached hydrogens (tertiary/aromatic N) is 3. The van der Waals surface area contributed by atoms with Crippen molar-refractivity contribution < 1.29 is 4.79 Å². The molecular weight excluding hydrogens is 254 g/mol. The smallest absolute Gasteiger partial charge is 0.152 e. The molecule has 0 unspecified atom stereocenters. The second-order valence-corrected chi connectivity index (χ2v) is 3.65. The number of hydrogen-bond donors (Lipinski definition) is 0. The van der Waals surface area contributed by atoms with Gasteiger partial charge in [0.2, 0.25) is 0 Å². The number of rotatable bonds is 3. The van der Waals surface area contributed by atoms with E-state index in [1.54, 1.807) is 0 Å². The van der Waals surface area contributed by atoms with Gasteiger partial charge in [0.05, 0.1) is 5.70 Å². The normalized spacial score (nSPS) is 10.7. The SMILES string of the molecule is [N-]=[N+]=N/C(C=O)=C\c1cscc1Br. The highest BCUT2D eigenvalue weighted by Gasteiger charge is 1.98. The third-order valence-electron chi connectivity index (χ3n) is 1.23.